The van der Waals surface area contributed by atoms with Gasteiger partial charge in [-0.3, -0.25) is 10.1 Å². The predicted molar refractivity (Wildman–Crippen MR) is 57.8 cm³/mol. The fourth-order valence-corrected chi connectivity index (χ4v) is 1.98. The molecule has 3 heteroatoms. The molecule has 1 aliphatic rings. The first-order chi connectivity index (χ1) is 6.61. The Bertz CT molecular complexity index is 205. The van der Waals surface area contributed by atoms with E-state index >= 15 is 0 Å². The van der Waals surface area contributed by atoms with Gasteiger partial charge in [-0.25, -0.2) is 0 Å². The molecule has 14 heavy (non-hydrogen) atoms. The summed E-state index contributed by atoms with van der Waals surface area (Å²) in [6, 6.07) is 0.0431. The number of rotatable bonds is 4. The molecule has 1 saturated heterocycles. The molecule has 1 amide bonds. The van der Waals surface area contributed by atoms with E-state index in [9.17, 15) is 4.79 Å². The van der Waals surface area contributed by atoms with Crippen molar-refractivity contribution in [3.05, 3.63) is 0 Å². The molecule has 1 aliphatic heterocycles. The van der Waals surface area contributed by atoms with Crippen molar-refractivity contribution in [1.29, 1.82) is 0 Å². The van der Waals surface area contributed by atoms with Crippen molar-refractivity contribution in [2.45, 2.75) is 52.7 Å². The third-order valence-electron chi connectivity index (χ3n) is 3.11. The van der Waals surface area contributed by atoms with Crippen LogP contribution < -0.4 is 5.32 Å². The van der Waals surface area contributed by atoms with Crippen LogP contribution in [0.25, 0.3) is 0 Å². The first-order valence-electron chi connectivity index (χ1n) is 5.68. The van der Waals surface area contributed by atoms with E-state index in [1.807, 2.05) is 4.90 Å². The molecule has 0 radical (unpaired) electrons. The van der Waals surface area contributed by atoms with Crippen LogP contribution >= 0.6 is 0 Å². The molecular formula is C11H22N2O. The topological polar surface area (TPSA) is 32.3 Å². The van der Waals surface area contributed by atoms with E-state index in [1.54, 1.807) is 0 Å². The van der Waals surface area contributed by atoms with Gasteiger partial charge in [0, 0.05) is 6.54 Å². The number of nitrogens with one attached hydrogen (secondary N) is 1. The minimum atomic E-state index is 0.0431. The molecular weight excluding hydrogens is 176 g/mol. The minimum absolute atomic E-state index is 0.0431. The van der Waals surface area contributed by atoms with Crippen LogP contribution in [0, 0.1) is 5.92 Å². The fourth-order valence-electron chi connectivity index (χ4n) is 1.98. The second kappa shape index (κ2) is 4.78. The van der Waals surface area contributed by atoms with E-state index in [4.69, 9.17) is 0 Å². The van der Waals surface area contributed by atoms with Gasteiger partial charge in [0.05, 0.1) is 12.2 Å². The highest BCUT2D eigenvalue weighted by molar-refractivity contribution is 5.84. The standard InChI is InChI=1S/C11H22N2O/c1-5-7-13-9(4)12-10(11(13)14)8(3)6-2/h8-10,12H,5-7H2,1-4H3. The van der Waals surface area contributed by atoms with E-state index in [0.29, 0.717) is 5.92 Å². The van der Waals surface area contributed by atoms with Crippen molar-refractivity contribution < 1.29 is 4.79 Å². The van der Waals surface area contributed by atoms with Crippen LogP contribution in [-0.4, -0.2) is 29.6 Å². The van der Waals surface area contributed by atoms with Crippen molar-refractivity contribution in [3.63, 3.8) is 0 Å². The molecule has 3 atom stereocenters. The van der Waals surface area contributed by atoms with Gasteiger partial charge in [0.25, 0.3) is 0 Å². The van der Waals surface area contributed by atoms with Gasteiger partial charge in [0.15, 0.2) is 0 Å². The monoisotopic (exact) mass is 198 g/mol. The Labute approximate surface area is 86.9 Å². The zero-order valence-electron chi connectivity index (χ0n) is 9.71. The van der Waals surface area contributed by atoms with Crippen LogP contribution in [0.1, 0.15) is 40.5 Å². The van der Waals surface area contributed by atoms with Crippen molar-refractivity contribution in [2.75, 3.05) is 6.54 Å². The quantitative estimate of drug-likeness (QED) is 0.744. The van der Waals surface area contributed by atoms with Crippen molar-refractivity contribution in [1.82, 2.24) is 10.2 Å². The van der Waals surface area contributed by atoms with Crippen molar-refractivity contribution in [3.8, 4) is 0 Å². The molecule has 0 saturated carbocycles. The van der Waals surface area contributed by atoms with Gasteiger partial charge in [-0.2, -0.15) is 0 Å². The zero-order chi connectivity index (χ0) is 10.7. The number of nitrogens with zero attached hydrogens (tertiary/aromatic N) is 1. The first kappa shape index (κ1) is 11.5. The minimum Gasteiger partial charge on any atom is -0.326 e. The lowest BCUT2D eigenvalue weighted by Crippen LogP contribution is -2.35. The van der Waals surface area contributed by atoms with Crippen LogP contribution in [-0.2, 0) is 4.79 Å². The molecule has 1 rings (SSSR count). The van der Waals surface area contributed by atoms with Crippen LogP contribution in [0.3, 0.4) is 0 Å². The number of carbonyl (C=O) groups excluding carboxylic acids is 1. The van der Waals surface area contributed by atoms with Crippen LogP contribution in [0.5, 0.6) is 0 Å². The lowest BCUT2D eigenvalue weighted by molar-refractivity contribution is -0.130. The van der Waals surface area contributed by atoms with Crippen molar-refractivity contribution in [2.24, 2.45) is 5.92 Å². The normalized spacial score (nSPS) is 29.7. The third-order valence-corrected chi connectivity index (χ3v) is 3.11. The highest BCUT2D eigenvalue weighted by atomic mass is 16.2. The highest BCUT2D eigenvalue weighted by Gasteiger charge is 2.37. The largest absolute Gasteiger partial charge is 0.326 e. The maximum absolute atomic E-state index is 12.0. The summed E-state index contributed by atoms with van der Waals surface area (Å²) in [4.78, 5) is 13.9. The summed E-state index contributed by atoms with van der Waals surface area (Å²) in [5, 5.41) is 3.37. The van der Waals surface area contributed by atoms with Crippen molar-refractivity contribution >= 4 is 5.91 Å². The van der Waals surface area contributed by atoms with Gasteiger partial charge >= 0.3 is 0 Å². The van der Waals surface area contributed by atoms with E-state index in [1.165, 1.54) is 0 Å². The molecule has 3 nitrogen and oxygen atoms in total. The van der Waals surface area contributed by atoms with E-state index in [0.717, 1.165) is 19.4 Å². The van der Waals surface area contributed by atoms with Gasteiger partial charge in [0.2, 0.25) is 5.91 Å². The second-order valence-corrected chi connectivity index (χ2v) is 4.24. The molecule has 0 aliphatic carbocycles. The van der Waals surface area contributed by atoms with Gasteiger partial charge in [-0.1, -0.05) is 27.2 Å². The molecule has 0 spiro atoms. The molecule has 1 fully saturated rings. The summed E-state index contributed by atoms with van der Waals surface area (Å²) in [6.45, 7) is 9.32. The Balaban J connectivity index is 2.63. The third kappa shape index (κ3) is 2.08. The molecule has 82 valence electrons. The molecule has 3 unspecified atom stereocenters. The van der Waals surface area contributed by atoms with E-state index in [-0.39, 0.29) is 18.1 Å². The SMILES string of the molecule is CCCN1C(=O)C(C(C)CC)NC1C. The Kier molecular flexibility index (Phi) is 3.93. The van der Waals surface area contributed by atoms with Crippen LogP contribution in [0.2, 0.25) is 0 Å². The Hall–Kier alpha value is -0.570. The smallest absolute Gasteiger partial charge is 0.241 e. The van der Waals surface area contributed by atoms with E-state index < -0.39 is 0 Å². The number of carbonyl (C=O) groups is 1. The molecule has 0 aromatic heterocycles. The average Bonchev–Trinajstić information content (AvgIpc) is 2.45. The maximum Gasteiger partial charge on any atom is 0.241 e. The predicted octanol–water partition coefficient (Wildman–Crippen LogP) is 1.59. The first-order valence-corrected chi connectivity index (χ1v) is 5.68. The number of hydrogen-bond acceptors (Lipinski definition) is 2. The fraction of sp³-hybridized carbons (Fsp3) is 0.909. The summed E-state index contributed by atoms with van der Waals surface area (Å²) in [7, 11) is 0. The van der Waals surface area contributed by atoms with Gasteiger partial charge in [-0.15, -0.1) is 0 Å². The van der Waals surface area contributed by atoms with Gasteiger partial charge in [-0.05, 0) is 19.3 Å². The maximum atomic E-state index is 12.0. The van der Waals surface area contributed by atoms with E-state index in [2.05, 4.69) is 33.0 Å². The lowest BCUT2D eigenvalue weighted by atomic mass is 9.99. The Morgan fingerprint density at radius 1 is 1.50 bits per heavy atom. The summed E-state index contributed by atoms with van der Waals surface area (Å²) in [5.74, 6) is 0.723. The molecule has 0 aromatic rings. The van der Waals surface area contributed by atoms with Crippen LogP contribution in [0.15, 0.2) is 0 Å². The average molecular weight is 198 g/mol. The molecule has 1 N–H and O–H groups in total. The zero-order valence-corrected chi connectivity index (χ0v) is 9.71. The van der Waals surface area contributed by atoms with Crippen LogP contribution in [0.4, 0.5) is 0 Å². The molecule has 1 heterocycles. The summed E-state index contributed by atoms with van der Waals surface area (Å²) in [5.41, 5.74) is 0. The Morgan fingerprint density at radius 2 is 2.14 bits per heavy atom. The molecule has 0 aromatic carbocycles. The van der Waals surface area contributed by atoms with Gasteiger partial charge < -0.3 is 4.90 Å². The summed E-state index contributed by atoms with van der Waals surface area (Å²) >= 11 is 0. The number of hydrogen-bond donors (Lipinski definition) is 1. The summed E-state index contributed by atoms with van der Waals surface area (Å²) in [6.07, 6.45) is 2.29. The summed E-state index contributed by atoms with van der Waals surface area (Å²) < 4.78 is 0. The number of amides is 1. The Morgan fingerprint density at radius 3 is 2.64 bits per heavy atom. The highest BCUT2D eigenvalue weighted by Crippen LogP contribution is 2.19. The van der Waals surface area contributed by atoms with Gasteiger partial charge in [0.1, 0.15) is 0 Å². The molecule has 0 bridgehead atoms. The lowest BCUT2D eigenvalue weighted by Gasteiger charge is -2.19. The second-order valence-electron chi connectivity index (χ2n) is 4.24.